The van der Waals surface area contributed by atoms with Gasteiger partial charge in [0.1, 0.15) is 18.1 Å². The topological polar surface area (TPSA) is 114 Å². The highest BCUT2D eigenvalue weighted by Gasteiger charge is 2.23. The minimum absolute atomic E-state index is 0.229. The van der Waals surface area contributed by atoms with Crippen LogP contribution in [0.5, 0.6) is 11.5 Å². The molecule has 1 heterocycles. The largest absolute Gasteiger partial charge is 0.493 e. The van der Waals surface area contributed by atoms with Crippen LogP contribution in [0.15, 0.2) is 66.7 Å². The molecule has 0 radical (unpaired) electrons. The minimum Gasteiger partial charge on any atom is -0.493 e. The van der Waals surface area contributed by atoms with Crippen LogP contribution in [0.1, 0.15) is 40.5 Å². The smallest absolute Gasteiger partial charge is 0.339 e. The number of carbonyl (C=O) groups excluding carboxylic acids is 2. The van der Waals surface area contributed by atoms with E-state index in [-0.39, 0.29) is 11.1 Å². The third kappa shape index (κ3) is 8.79. The summed E-state index contributed by atoms with van der Waals surface area (Å²) in [7, 11) is -1.89. The van der Waals surface area contributed by atoms with Crippen molar-refractivity contribution >= 4 is 27.6 Å². The first-order valence-electron chi connectivity index (χ1n) is 14.4. The highest BCUT2D eigenvalue weighted by atomic mass is 32.2. The maximum Gasteiger partial charge on any atom is 0.339 e. The van der Waals surface area contributed by atoms with Gasteiger partial charge in [0.2, 0.25) is 10.0 Å². The maximum absolute atomic E-state index is 13.7. The highest BCUT2D eigenvalue weighted by Crippen LogP contribution is 2.30. The van der Waals surface area contributed by atoms with E-state index in [1.54, 1.807) is 30.3 Å². The molecular formula is C32H39N3O7S. The van der Waals surface area contributed by atoms with Gasteiger partial charge in [0.25, 0.3) is 5.91 Å². The number of nitrogens with one attached hydrogen (secondary N) is 1. The van der Waals surface area contributed by atoms with Crippen LogP contribution in [-0.2, 0) is 14.8 Å². The number of piperazine rings is 1. The molecule has 1 fully saturated rings. The van der Waals surface area contributed by atoms with E-state index < -0.39 is 21.9 Å². The zero-order chi connectivity index (χ0) is 30.8. The molecule has 4 rings (SSSR count). The van der Waals surface area contributed by atoms with Crippen LogP contribution in [0, 0.1) is 0 Å². The maximum atomic E-state index is 13.7. The molecule has 1 N–H and O–H groups in total. The number of rotatable bonds is 13. The Kier molecular flexibility index (Phi) is 11.2. The summed E-state index contributed by atoms with van der Waals surface area (Å²) < 4.78 is 41.9. The van der Waals surface area contributed by atoms with Gasteiger partial charge in [0.15, 0.2) is 0 Å². The number of hydrogen-bond donors (Lipinski definition) is 1. The van der Waals surface area contributed by atoms with E-state index in [0.29, 0.717) is 63.1 Å². The third-order valence-corrected chi connectivity index (χ3v) is 8.51. The van der Waals surface area contributed by atoms with Crippen molar-refractivity contribution in [1.29, 1.82) is 0 Å². The number of sulfonamides is 1. The van der Waals surface area contributed by atoms with E-state index in [1.165, 1.54) is 17.7 Å². The van der Waals surface area contributed by atoms with Crippen molar-refractivity contribution in [2.24, 2.45) is 0 Å². The lowest BCUT2D eigenvalue weighted by molar-refractivity contribution is 0.0602. The fourth-order valence-electron chi connectivity index (χ4n) is 4.74. The molecule has 1 saturated heterocycles. The lowest BCUT2D eigenvalue weighted by Gasteiger charge is -2.33. The Morgan fingerprint density at radius 2 is 1.60 bits per heavy atom. The summed E-state index contributed by atoms with van der Waals surface area (Å²) >= 11 is 0. The number of amides is 1. The molecule has 0 saturated carbocycles. The molecular weight excluding hydrogens is 570 g/mol. The van der Waals surface area contributed by atoms with Gasteiger partial charge in [0.05, 0.1) is 36.8 Å². The van der Waals surface area contributed by atoms with Crippen molar-refractivity contribution in [3.05, 3.63) is 77.9 Å². The molecule has 230 valence electrons. The van der Waals surface area contributed by atoms with Crippen molar-refractivity contribution in [3.63, 3.8) is 0 Å². The fourth-order valence-corrected chi connectivity index (χ4v) is 5.57. The monoisotopic (exact) mass is 609 g/mol. The Morgan fingerprint density at radius 3 is 2.28 bits per heavy atom. The number of carbonyl (C=O) groups is 2. The Bertz CT molecular complexity index is 1500. The van der Waals surface area contributed by atoms with Crippen molar-refractivity contribution in [3.8, 4) is 22.6 Å². The van der Waals surface area contributed by atoms with Gasteiger partial charge in [-0.05, 0) is 47.9 Å². The second kappa shape index (κ2) is 15.0. The Labute approximate surface area is 253 Å². The van der Waals surface area contributed by atoms with Crippen molar-refractivity contribution in [2.45, 2.75) is 19.8 Å². The average molecular weight is 610 g/mol. The molecule has 0 atom stereocenters. The van der Waals surface area contributed by atoms with Gasteiger partial charge in [-0.15, -0.1) is 0 Å². The van der Waals surface area contributed by atoms with E-state index in [9.17, 15) is 18.0 Å². The van der Waals surface area contributed by atoms with Crippen molar-refractivity contribution in [2.75, 3.05) is 64.6 Å². The molecule has 1 amide bonds. The molecule has 0 bridgehead atoms. The summed E-state index contributed by atoms with van der Waals surface area (Å²) in [4.78, 5) is 28.4. The van der Waals surface area contributed by atoms with Crippen LogP contribution in [0.2, 0.25) is 0 Å². The number of esters is 1. The number of anilines is 1. The number of unbranched alkanes of at least 4 members (excludes halogenated alkanes) is 1. The quantitative estimate of drug-likeness (QED) is 0.222. The SMILES string of the molecule is CCCCOc1ccc(OCCN2CCN(S(C)(=O)=O)CC2)cc1C(=O)Nc1cc(-c2ccccc2)ccc1C(=O)OC. The summed E-state index contributed by atoms with van der Waals surface area (Å²) in [5.41, 5.74) is 2.59. The zero-order valence-corrected chi connectivity index (χ0v) is 25.7. The van der Waals surface area contributed by atoms with Gasteiger partial charge in [-0.1, -0.05) is 49.7 Å². The second-order valence-electron chi connectivity index (χ2n) is 10.3. The van der Waals surface area contributed by atoms with Crippen LogP contribution in [-0.4, -0.2) is 88.8 Å². The van der Waals surface area contributed by atoms with Crippen molar-refractivity contribution in [1.82, 2.24) is 9.21 Å². The van der Waals surface area contributed by atoms with Crippen LogP contribution in [0.3, 0.4) is 0 Å². The van der Waals surface area contributed by atoms with E-state index in [1.807, 2.05) is 36.4 Å². The third-order valence-electron chi connectivity index (χ3n) is 7.21. The molecule has 1 aliphatic rings. The van der Waals surface area contributed by atoms with E-state index in [0.717, 1.165) is 24.0 Å². The lowest BCUT2D eigenvalue weighted by Crippen LogP contribution is -2.49. The zero-order valence-electron chi connectivity index (χ0n) is 24.9. The Hall–Kier alpha value is -3.93. The summed E-state index contributed by atoms with van der Waals surface area (Å²) in [5, 5.41) is 2.90. The molecule has 0 aromatic heterocycles. The summed E-state index contributed by atoms with van der Waals surface area (Å²) in [5.74, 6) is -0.115. The van der Waals surface area contributed by atoms with Crippen LogP contribution >= 0.6 is 0 Å². The van der Waals surface area contributed by atoms with Crippen LogP contribution in [0.4, 0.5) is 5.69 Å². The highest BCUT2D eigenvalue weighted by molar-refractivity contribution is 7.88. The van der Waals surface area contributed by atoms with Gasteiger partial charge in [0, 0.05) is 32.7 Å². The second-order valence-corrected chi connectivity index (χ2v) is 12.3. The number of nitrogens with zero attached hydrogens (tertiary/aromatic N) is 2. The van der Waals surface area contributed by atoms with E-state index in [4.69, 9.17) is 14.2 Å². The van der Waals surface area contributed by atoms with Crippen LogP contribution in [0.25, 0.3) is 11.1 Å². The number of hydrogen-bond acceptors (Lipinski definition) is 8. The van der Waals surface area contributed by atoms with Crippen molar-refractivity contribution < 1.29 is 32.2 Å². The molecule has 11 heteroatoms. The molecule has 0 unspecified atom stereocenters. The normalized spacial score (nSPS) is 14.2. The predicted molar refractivity (Wildman–Crippen MR) is 166 cm³/mol. The molecule has 0 spiro atoms. The van der Waals surface area contributed by atoms with E-state index >= 15 is 0 Å². The standard InChI is InChI=1S/C32H39N3O7S/c1-4-5-20-42-30-14-12-26(41-21-19-34-15-17-35(18-16-34)43(3,38)39)23-28(30)31(36)33-29-22-25(24-9-7-6-8-10-24)11-13-27(29)32(37)40-2/h6-14,22-23H,4-5,15-21H2,1-3H3,(H,33,36). The van der Waals surface area contributed by atoms with Crippen LogP contribution < -0.4 is 14.8 Å². The number of benzene rings is 3. The first-order valence-corrected chi connectivity index (χ1v) is 16.2. The summed E-state index contributed by atoms with van der Waals surface area (Å²) in [6, 6.07) is 20.0. The Morgan fingerprint density at radius 1 is 0.860 bits per heavy atom. The lowest BCUT2D eigenvalue weighted by atomic mass is 10.0. The van der Waals surface area contributed by atoms with Gasteiger partial charge in [-0.2, -0.15) is 4.31 Å². The number of methoxy groups -OCH3 is 1. The molecule has 0 aliphatic carbocycles. The fraction of sp³-hybridized carbons (Fsp3) is 0.375. The molecule has 3 aromatic rings. The minimum atomic E-state index is -3.19. The predicted octanol–water partition coefficient (Wildman–Crippen LogP) is 4.53. The molecule has 10 nitrogen and oxygen atoms in total. The first-order chi connectivity index (χ1) is 20.7. The molecule has 1 aliphatic heterocycles. The molecule has 43 heavy (non-hydrogen) atoms. The summed E-state index contributed by atoms with van der Waals surface area (Å²) in [6.07, 6.45) is 3.00. The average Bonchev–Trinajstić information content (AvgIpc) is 3.01. The summed E-state index contributed by atoms with van der Waals surface area (Å²) in [6.45, 7) is 5.64. The van der Waals surface area contributed by atoms with E-state index in [2.05, 4.69) is 17.1 Å². The molecule has 3 aromatic carbocycles. The Balaban J connectivity index is 1.51. The number of ether oxygens (including phenoxy) is 3. The van der Waals surface area contributed by atoms with Gasteiger partial charge >= 0.3 is 5.97 Å². The van der Waals surface area contributed by atoms with Gasteiger partial charge in [-0.3, -0.25) is 9.69 Å². The van der Waals surface area contributed by atoms with Gasteiger partial charge in [-0.25, -0.2) is 13.2 Å². The first kappa shape index (κ1) is 32.0. The van der Waals surface area contributed by atoms with Gasteiger partial charge < -0.3 is 19.5 Å².